The summed E-state index contributed by atoms with van der Waals surface area (Å²) in [6, 6.07) is 14.2. The van der Waals surface area contributed by atoms with Gasteiger partial charge in [-0.3, -0.25) is 10.2 Å². The van der Waals surface area contributed by atoms with Crippen molar-refractivity contribution in [2.75, 3.05) is 6.61 Å². The van der Waals surface area contributed by atoms with Crippen molar-refractivity contribution >= 4 is 39.5 Å². The lowest BCUT2D eigenvalue weighted by atomic mass is 10.2. The van der Waals surface area contributed by atoms with Crippen LogP contribution in [0.5, 0.6) is 5.75 Å². The van der Waals surface area contributed by atoms with Gasteiger partial charge in [0.1, 0.15) is 12.4 Å². The Bertz CT molecular complexity index is 712. The fourth-order valence-electron chi connectivity index (χ4n) is 1.65. The third-order valence-corrected chi connectivity index (χ3v) is 3.56. The lowest BCUT2D eigenvalue weighted by Crippen LogP contribution is -2.44. The molecule has 0 saturated heterocycles. The van der Waals surface area contributed by atoms with Crippen molar-refractivity contribution in [3.63, 3.8) is 0 Å². The zero-order chi connectivity index (χ0) is 17.4. The first-order chi connectivity index (χ1) is 11.5. The van der Waals surface area contributed by atoms with E-state index < -0.39 is 12.0 Å². The van der Waals surface area contributed by atoms with E-state index in [2.05, 4.69) is 26.8 Å². The predicted molar refractivity (Wildman–Crippen MR) is 92.6 cm³/mol. The molecule has 0 unspecified atom stereocenters. The van der Waals surface area contributed by atoms with Crippen LogP contribution in [0.4, 0.5) is 4.79 Å². The van der Waals surface area contributed by atoms with Gasteiger partial charge in [0.15, 0.2) is 6.61 Å². The molecule has 6 nitrogen and oxygen atoms in total. The molecule has 2 rings (SSSR count). The highest BCUT2D eigenvalue weighted by molar-refractivity contribution is 9.10. The maximum absolute atomic E-state index is 11.6. The van der Waals surface area contributed by atoms with E-state index in [0.717, 1.165) is 10.0 Å². The third-order valence-electron chi connectivity index (χ3n) is 2.77. The van der Waals surface area contributed by atoms with Crippen LogP contribution in [0, 0.1) is 0 Å². The van der Waals surface area contributed by atoms with Crippen LogP contribution < -0.4 is 15.6 Å². The van der Waals surface area contributed by atoms with Crippen LogP contribution in [0.15, 0.2) is 53.0 Å². The summed E-state index contributed by atoms with van der Waals surface area (Å²) in [5.74, 6) is -0.188. The Hall–Kier alpha value is -2.25. The Morgan fingerprint density at radius 1 is 1.08 bits per heavy atom. The van der Waals surface area contributed by atoms with E-state index in [1.807, 2.05) is 30.3 Å². The van der Waals surface area contributed by atoms with Gasteiger partial charge in [0.05, 0.1) is 5.02 Å². The van der Waals surface area contributed by atoms with Gasteiger partial charge in [-0.1, -0.05) is 57.9 Å². The molecule has 0 aliphatic heterocycles. The molecule has 0 heterocycles. The Morgan fingerprint density at radius 3 is 2.54 bits per heavy atom. The van der Waals surface area contributed by atoms with E-state index in [1.54, 1.807) is 18.2 Å². The van der Waals surface area contributed by atoms with E-state index in [9.17, 15) is 9.59 Å². The number of benzene rings is 2. The Morgan fingerprint density at radius 2 is 1.83 bits per heavy atom. The lowest BCUT2D eigenvalue weighted by molar-refractivity contribution is -0.124. The fraction of sp³-hybridized carbons (Fsp3) is 0.125. The summed E-state index contributed by atoms with van der Waals surface area (Å²) in [5.41, 5.74) is 5.15. The molecule has 0 fully saturated rings. The molecule has 0 radical (unpaired) electrons. The van der Waals surface area contributed by atoms with E-state index in [1.165, 1.54) is 0 Å². The van der Waals surface area contributed by atoms with Crippen molar-refractivity contribution in [2.45, 2.75) is 6.61 Å². The molecule has 0 aliphatic rings. The third kappa shape index (κ3) is 6.10. The summed E-state index contributed by atoms with van der Waals surface area (Å²) in [6.45, 7) is -0.201. The number of carbonyl (C=O) groups is 2. The normalized spacial score (nSPS) is 9.92. The number of halogens is 2. The first-order valence-electron chi connectivity index (χ1n) is 6.88. The van der Waals surface area contributed by atoms with Gasteiger partial charge in [0, 0.05) is 4.47 Å². The summed E-state index contributed by atoms with van der Waals surface area (Å²) in [6.07, 6.45) is -0.770. The van der Waals surface area contributed by atoms with Crippen molar-refractivity contribution in [3.05, 3.63) is 63.6 Å². The number of rotatable bonds is 5. The smallest absolute Gasteiger partial charge is 0.426 e. The van der Waals surface area contributed by atoms with Crippen LogP contribution in [-0.4, -0.2) is 18.6 Å². The number of hydrogen-bond acceptors (Lipinski definition) is 4. The van der Waals surface area contributed by atoms with Crippen molar-refractivity contribution < 1.29 is 19.1 Å². The van der Waals surface area contributed by atoms with Crippen molar-refractivity contribution in [2.24, 2.45) is 0 Å². The number of nitrogens with one attached hydrogen (secondary N) is 2. The minimum atomic E-state index is -0.770. The molecule has 2 N–H and O–H groups in total. The molecule has 0 saturated carbocycles. The van der Waals surface area contributed by atoms with Gasteiger partial charge in [0.25, 0.3) is 5.91 Å². The number of amides is 2. The zero-order valence-corrected chi connectivity index (χ0v) is 14.8. The summed E-state index contributed by atoms with van der Waals surface area (Å²) >= 11 is 9.23. The van der Waals surface area contributed by atoms with E-state index in [4.69, 9.17) is 21.1 Å². The quantitative estimate of drug-likeness (QED) is 0.736. The maximum Gasteiger partial charge on any atom is 0.426 e. The molecule has 0 aromatic heterocycles. The molecule has 24 heavy (non-hydrogen) atoms. The van der Waals surface area contributed by atoms with Gasteiger partial charge in [0.2, 0.25) is 0 Å². The monoisotopic (exact) mass is 412 g/mol. The van der Waals surface area contributed by atoms with Crippen molar-refractivity contribution in [1.82, 2.24) is 10.9 Å². The van der Waals surface area contributed by atoms with Gasteiger partial charge in [-0.15, -0.1) is 0 Å². The highest BCUT2D eigenvalue weighted by Crippen LogP contribution is 2.27. The number of carbonyl (C=O) groups excluding carboxylic acids is 2. The SMILES string of the molecule is O=C(COc1ccc(Br)cc1Cl)NNC(=O)OCc1ccccc1. The topological polar surface area (TPSA) is 76.7 Å². The molecule has 0 atom stereocenters. The summed E-state index contributed by atoms with van der Waals surface area (Å²) in [7, 11) is 0. The Labute approximate surface area is 152 Å². The second kappa shape index (κ2) is 9.14. The maximum atomic E-state index is 11.6. The molecule has 0 spiro atoms. The van der Waals surface area contributed by atoms with Crippen LogP contribution in [0.1, 0.15) is 5.56 Å². The Kier molecular flexibility index (Phi) is 6.89. The highest BCUT2D eigenvalue weighted by atomic mass is 79.9. The molecular weight excluding hydrogens is 400 g/mol. The van der Waals surface area contributed by atoms with Crippen LogP contribution in [0.2, 0.25) is 5.02 Å². The molecular formula is C16H14BrClN2O4. The van der Waals surface area contributed by atoms with Gasteiger partial charge in [-0.2, -0.15) is 0 Å². The fourth-order valence-corrected chi connectivity index (χ4v) is 2.38. The first-order valence-corrected chi connectivity index (χ1v) is 8.05. The average Bonchev–Trinajstić information content (AvgIpc) is 2.58. The summed E-state index contributed by atoms with van der Waals surface area (Å²) in [4.78, 5) is 23.1. The lowest BCUT2D eigenvalue weighted by Gasteiger charge is -2.10. The molecule has 8 heteroatoms. The van der Waals surface area contributed by atoms with Gasteiger partial charge in [-0.05, 0) is 23.8 Å². The number of hydrazine groups is 1. The molecule has 0 bridgehead atoms. The van der Waals surface area contributed by atoms with Crippen LogP contribution in [0.3, 0.4) is 0 Å². The highest BCUT2D eigenvalue weighted by Gasteiger charge is 2.08. The molecule has 2 aromatic rings. The van der Waals surface area contributed by atoms with E-state index >= 15 is 0 Å². The second-order valence-corrected chi connectivity index (χ2v) is 5.92. The van der Waals surface area contributed by atoms with Crippen molar-refractivity contribution in [3.8, 4) is 5.75 Å². The van der Waals surface area contributed by atoms with Gasteiger partial charge < -0.3 is 9.47 Å². The van der Waals surface area contributed by atoms with Crippen LogP contribution in [-0.2, 0) is 16.1 Å². The summed E-state index contributed by atoms with van der Waals surface area (Å²) < 4.78 is 11.0. The molecule has 0 aliphatic carbocycles. The molecule has 2 aromatic carbocycles. The zero-order valence-electron chi connectivity index (χ0n) is 12.4. The minimum Gasteiger partial charge on any atom is -0.482 e. The first kappa shape index (κ1) is 18.1. The predicted octanol–water partition coefficient (Wildman–Crippen LogP) is 3.44. The van der Waals surface area contributed by atoms with Gasteiger partial charge >= 0.3 is 6.09 Å². The number of ether oxygens (including phenoxy) is 2. The molecule has 126 valence electrons. The van der Waals surface area contributed by atoms with E-state index in [-0.39, 0.29) is 13.2 Å². The van der Waals surface area contributed by atoms with Crippen LogP contribution >= 0.6 is 27.5 Å². The number of hydrogen-bond donors (Lipinski definition) is 2. The second-order valence-electron chi connectivity index (χ2n) is 4.60. The average molecular weight is 414 g/mol. The van der Waals surface area contributed by atoms with Gasteiger partial charge in [-0.25, -0.2) is 10.2 Å². The summed E-state index contributed by atoms with van der Waals surface area (Å²) in [5, 5.41) is 0.368. The van der Waals surface area contributed by atoms with E-state index in [0.29, 0.717) is 10.8 Å². The Balaban J connectivity index is 1.68. The molecule has 2 amide bonds. The standard InChI is InChI=1S/C16H14BrClN2O4/c17-12-6-7-14(13(18)8-12)23-10-15(21)19-20-16(22)24-9-11-4-2-1-3-5-11/h1-8H,9-10H2,(H,19,21)(H,20,22). The minimum absolute atomic E-state index is 0.105. The van der Waals surface area contributed by atoms with Crippen molar-refractivity contribution in [1.29, 1.82) is 0 Å². The largest absolute Gasteiger partial charge is 0.482 e. The van der Waals surface area contributed by atoms with Crippen LogP contribution in [0.25, 0.3) is 0 Å².